The maximum absolute atomic E-state index is 12.3. The number of benzene rings is 2. The predicted molar refractivity (Wildman–Crippen MR) is 173 cm³/mol. The van der Waals surface area contributed by atoms with Gasteiger partial charge in [-0.3, -0.25) is 4.79 Å². The van der Waals surface area contributed by atoms with Crippen molar-refractivity contribution in [1.29, 1.82) is 5.26 Å². The largest absolute Gasteiger partial charge is 2.00 e. The molecule has 2 saturated carbocycles. The van der Waals surface area contributed by atoms with E-state index >= 15 is 0 Å². The molecule has 214 valence electrons. The molecule has 7 heteroatoms. The van der Waals surface area contributed by atoms with E-state index in [4.69, 9.17) is 21.5 Å². The van der Waals surface area contributed by atoms with Crippen LogP contribution in [0.15, 0.2) is 48.5 Å². The Morgan fingerprint density at radius 2 is 1.31 bits per heavy atom. The number of nitrogens with two attached hydrogens (primary N) is 2. The van der Waals surface area contributed by atoms with Crippen LogP contribution in [0, 0.1) is 17.2 Å². The molecule has 2 aromatic carbocycles. The fraction of sp³-hybridized carbons (Fsp3) is 0.562. The Kier molecular flexibility index (Phi) is 23.2. The van der Waals surface area contributed by atoms with E-state index in [0.29, 0.717) is 16.9 Å². The second-order valence-corrected chi connectivity index (χ2v) is 11.0. The number of hydrogen-bond acceptors (Lipinski definition) is 5. The van der Waals surface area contributed by atoms with E-state index in [2.05, 4.69) is 15.9 Å². The van der Waals surface area contributed by atoms with E-state index in [1.807, 2.05) is 44.2 Å². The third kappa shape index (κ3) is 17.0. The second-order valence-electron chi connectivity index (χ2n) is 9.71. The number of ether oxygens (including phenoxy) is 1. The van der Waals surface area contributed by atoms with Crippen LogP contribution in [0.1, 0.15) is 110 Å². The van der Waals surface area contributed by atoms with E-state index in [0.717, 1.165) is 36.4 Å². The van der Waals surface area contributed by atoms with E-state index < -0.39 is 0 Å². The molecule has 0 saturated heterocycles. The first-order valence-electron chi connectivity index (χ1n) is 14.3. The molecular formula is C32H50BrMgN3O2. The number of ketones is 1. The molecule has 0 unspecified atom stereocenters. The Hall–Kier alpha value is -1.59. The Bertz CT molecular complexity index is 945. The summed E-state index contributed by atoms with van der Waals surface area (Å²) in [6.45, 7) is 5.67. The van der Waals surface area contributed by atoms with Crippen LogP contribution in [-0.4, -0.2) is 46.9 Å². The van der Waals surface area contributed by atoms with Crippen LogP contribution in [-0.2, 0) is 4.74 Å². The van der Waals surface area contributed by atoms with Crippen molar-refractivity contribution in [3.05, 3.63) is 59.7 Å². The molecule has 4 N–H and O–H groups in total. The smallest absolute Gasteiger partial charge is 1.00 e. The van der Waals surface area contributed by atoms with Gasteiger partial charge in [-0.2, -0.15) is 5.26 Å². The van der Waals surface area contributed by atoms with E-state index in [-0.39, 0.29) is 37.6 Å². The Morgan fingerprint density at radius 3 is 1.72 bits per heavy atom. The molecule has 0 bridgehead atoms. The molecule has 0 spiro atoms. The van der Waals surface area contributed by atoms with Crippen LogP contribution in [0.3, 0.4) is 0 Å². The number of hydrogen-bond donors (Lipinski definition) is 2. The molecule has 2 aliphatic carbocycles. The molecule has 0 aromatic heterocycles. The maximum atomic E-state index is 12.3. The molecule has 2 aromatic rings. The predicted octanol–water partition coefficient (Wildman–Crippen LogP) is 8.55. The number of nitrogens with zero attached hydrogens (tertiary/aromatic N) is 1. The fourth-order valence-electron chi connectivity index (χ4n) is 4.52. The standard InChI is InChI=1S/C14H19NO.C7H13Br.C7H6N2.C4H10O.Mg.2H/c15-13-10-6-5-9-12(13)14(16)11-7-3-1-2-4-8-11;8-7-5-3-1-2-4-6-7;8-5-6-3-1-2-4-7(6)9;1-3-5-4-2;;;/h5-6,9-11H,1-4,7-8,15H2;7H,1-6H2;1-4H,9H2;3-4H2,1-2H3;;;/q;;;;+2;2*-1. The summed E-state index contributed by atoms with van der Waals surface area (Å²) in [5.74, 6) is 0.451. The Labute approximate surface area is 264 Å². The van der Waals surface area contributed by atoms with Gasteiger partial charge in [0.05, 0.1) is 5.56 Å². The van der Waals surface area contributed by atoms with Gasteiger partial charge in [0.25, 0.3) is 0 Å². The number of para-hydroxylation sites is 2. The van der Waals surface area contributed by atoms with Crippen molar-refractivity contribution in [2.24, 2.45) is 5.92 Å². The monoisotopic (exact) mass is 611 g/mol. The van der Waals surface area contributed by atoms with Gasteiger partial charge >= 0.3 is 23.1 Å². The van der Waals surface area contributed by atoms with Crippen molar-refractivity contribution in [2.75, 3.05) is 24.7 Å². The third-order valence-electron chi connectivity index (χ3n) is 6.73. The summed E-state index contributed by atoms with van der Waals surface area (Å²) in [5.41, 5.74) is 13.7. The molecule has 0 heterocycles. The summed E-state index contributed by atoms with van der Waals surface area (Å²) >= 11 is 3.64. The van der Waals surface area contributed by atoms with Gasteiger partial charge in [-0.25, -0.2) is 0 Å². The van der Waals surface area contributed by atoms with Crippen molar-refractivity contribution in [1.82, 2.24) is 0 Å². The van der Waals surface area contributed by atoms with E-state index in [9.17, 15) is 4.79 Å². The summed E-state index contributed by atoms with van der Waals surface area (Å²) in [5, 5.41) is 8.39. The van der Waals surface area contributed by atoms with Gasteiger partial charge in [-0.15, -0.1) is 0 Å². The molecule has 0 atom stereocenters. The summed E-state index contributed by atoms with van der Waals surface area (Å²) < 4.78 is 4.83. The van der Waals surface area contributed by atoms with Crippen LogP contribution >= 0.6 is 15.9 Å². The van der Waals surface area contributed by atoms with Crippen LogP contribution < -0.4 is 11.5 Å². The molecule has 4 rings (SSSR count). The number of halogens is 1. The number of anilines is 2. The fourth-order valence-corrected chi connectivity index (χ4v) is 5.16. The van der Waals surface area contributed by atoms with Gasteiger partial charge in [0.2, 0.25) is 0 Å². The molecule has 0 amide bonds. The molecule has 2 fully saturated rings. The van der Waals surface area contributed by atoms with Crippen molar-refractivity contribution in [3.8, 4) is 6.07 Å². The number of rotatable bonds is 4. The molecular weight excluding hydrogens is 563 g/mol. The van der Waals surface area contributed by atoms with Crippen molar-refractivity contribution in [3.63, 3.8) is 0 Å². The SMILES string of the molecule is BrC1CCCCCC1.CCOCC.N#Cc1ccccc1N.Nc1ccccc1C(=O)C1CCCCCC1.[H-].[H-].[Mg+2]. The first-order valence-corrected chi connectivity index (χ1v) is 15.2. The van der Waals surface area contributed by atoms with Gasteiger partial charge < -0.3 is 19.1 Å². The first-order chi connectivity index (χ1) is 18.4. The molecule has 5 nitrogen and oxygen atoms in total. The molecule has 0 aliphatic heterocycles. The minimum atomic E-state index is 0. The van der Waals surface area contributed by atoms with Crippen LogP contribution in [0.5, 0.6) is 0 Å². The van der Waals surface area contributed by atoms with Gasteiger partial charge in [-0.05, 0) is 63.8 Å². The topological polar surface area (TPSA) is 102 Å². The first kappa shape index (κ1) is 37.4. The van der Waals surface area contributed by atoms with Crippen LogP contribution in [0.4, 0.5) is 11.4 Å². The molecule has 2 aliphatic rings. The van der Waals surface area contributed by atoms with Gasteiger partial charge in [0.15, 0.2) is 5.78 Å². The number of nitrogen functional groups attached to an aromatic ring is 2. The number of alkyl halides is 1. The number of carbonyl (C=O) groups is 1. The van der Waals surface area contributed by atoms with Crippen molar-refractivity contribution in [2.45, 2.75) is 95.7 Å². The Morgan fingerprint density at radius 1 is 0.846 bits per heavy atom. The minimum Gasteiger partial charge on any atom is -1.00 e. The zero-order valence-corrected chi connectivity index (χ0v) is 27.2. The minimum absolute atomic E-state index is 0. The summed E-state index contributed by atoms with van der Waals surface area (Å²) in [4.78, 5) is 13.1. The second kappa shape index (κ2) is 24.2. The maximum Gasteiger partial charge on any atom is 2.00 e. The third-order valence-corrected chi connectivity index (χ3v) is 7.64. The van der Waals surface area contributed by atoms with Crippen molar-refractivity contribution < 1.29 is 12.4 Å². The number of nitriles is 1. The Balaban J connectivity index is -0.000000500. The quantitative estimate of drug-likeness (QED) is 0.118. The van der Waals surface area contributed by atoms with Crippen LogP contribution in [0.25, 0.3) is 0 Å². The summed E-state index contributed by atoms with van der Waals surface area (Å²) in [6, 6.07) is 16.4. The average molecular weight is 613 g/mol. The number of Topliss-reactive ketones (excluding diaryl/α,β-unsaturated/α-hetero) is 1. The van der Waals surface area contributed by atoms with E-state index in [1.165, 1.54) is 64.2 Å². The van der Waals surface area contributed by atoms with E-state index in [1.54, 1.807) is 24.3 Å². The molecule has 39 heavy (non-hydrogen) atoms. The number of carbonyl (C=O) groups excluding carboxylic acids is 1. The van der Waals surface area contributed by atoms with Crippen LogP contribution in [0.2, 0.25) is 0 Å². The van der Waals surface area contributed by atoms with Crippen molar-refractivity contribution >= 4 is 56.1 Å². The average Bonchev–Trinajstić information content (AvgIpc) is 3.35. The zero-order chi connectivity index (χ0) is 28.0. The zero-order valence-electron chi connectivity index (χ0n) is 26.2. The molecule has 0 radical (unpaired) electrons. The summed E-state index contributed by atoms with van der Waals surface area (Å²) in [6.07, 6.45) is 15.6. The van der Waals surface area contributed by atoms with Gasteiger partial charge in [0.1, 0.15) is 6.07 Å². The summed E-state index contributed by atoms with van der Waals surface area (Å²) in [7, 11) is 0. The van der Waals surface area contributed by atoms with Gasteiger partial charge in [-0.1, -0.05) is 91.6 Å². The van der Waals surface area contributed by atoms with Gasteiger partial charge in [0, 0.05) is 40.9 Å². The normalized spacial score (nSPS) is 15.5.